The molecule has 1 amide bonds. The minimum atomic E-state index is -0.482. The van der Waals surface area contributed by atoms with Crippen LogP contribution in [0.25, 0.3) is 11.3 Å². The number of pyridine rings is 1. The number of anilines is 3. The van der Waals surface area contributed by atoms with Crippen LogP contribution in [0.4, 0.5) is 23.1 Å². The van der Waals surface area contributed by atoms with Gasteiger partial charge in [0.15, 0.2) is 0 Å². The zero-order chi connectivity index (χ0) is 24.5. The van der Waals surface area contributed by atoms with Gasteiger partial charge in [-0.3, -0.25) is 14.9 Å². The Hall–Kier alpha value is -4.12. The average Bonchev–Trinajstić information content (AvgIpc) is 2.91. The fourth-order valence-electron chi connectivity index (χ4n) is 3.94. The van der Waals surface area contributed by atoms with E-state index in [1.165, 1.54) is 12.3 Å². The number of carbonyl (C=O) groups is 1. The number of piperidine rings is 1. The van der Waals surface area contributed by atoms with Crippen LogP contribution in [-0.4, -0.2) is 59.0 Å². The molecule has 1 aromatic carbocycles. The molecule has 1 fully saturated rings. The number of nitrogens with zero attached hydrogens (tertiary/aromatic N) is 5. The minimum absolute atomic E-state index is 0.0486. The fraction of sp³-hybridized carbons (Fsp3) is 0.333. The highest BCUT2D eigenvalue weighted by atomic mass is 16.6. The average molecular weight is 477 g/mol. The van der Waals surface area contributed by atoms with Gasteiger partial charge in [0.25, 0.3) is 5.69 Å². The van der Waals surface area contributed by atoms with Crippen molar-refractivity contribution in [2.75, 3.05) is 48.3 Å². The van der Waals surface area contributed by atoms with Gasteiger partial charge in [0.1, 0.15) is 12.0 Å². The van der Waals surface area contributed by atoms with Crippen LogP contribution >= 0.6 is 0 Å². The van der Waals surface area contributed by atoms with Gasteiger partial charge in [-0.25, -0.2) is 15.0 Å². The molecule has 1 saturated heterocycles. The molecule has 0 spiro atoms. The monoisotopic (exact) mass is 476 g/mol. The first-order valence-electron chi connectivity index (χ1n) is 11.6. The number of amides is 1. The quantitative estimate of drug-likeness (QED) is 0.165. The van der Waals surface area contributed by atoms with Crippen molar-refractivity contribution in [1.82, 2.24) is 20.3 Å². The van der Waals surface area contributed by atoms with Crippen molar-refractivity contribution in [3.8, 4) is 11.3 Å². The summed E-state index contributed by atoms with van der Waals surface area (Å²) in [6.07, 6.45) is 5.98. The van der Waals surface area contributed by atoms with Gasteiger partial charge in [-0.1, -0.05) is 12.1 Å². The third-order valence-corrected chi connectivity index (χ3v) is 5.86. The summed E-state index contributed by atoms with van der Waals surface area (Å²) in [6.45, 7) is 3.81. The molecule has 0 aliphatic carbocycles. The molecular weight excluding hydrogens is 448 g/mol. The summed E-state index contributed by atoms with van der Waals surface area (Å²) in [4.78, 5) is 36.5. The van der Waals surface area contributed by atoms with E-state index in [0.717, 1.165) is 55.8 Å². The number of rotatable bonds is 11. The number of carbonyl (C=O) groups excluding carboxylic acids is 1. The molecule has 0 bridgehead atoms. The first-order chi connectivity index (χ1) is 17.1. The Kier molecular flexibility index (Phi) is 8.12. The van der Waals surface area contributed by atoms with E-state index in [1.807, 2.05) is 30.3 Å². The molecule has 1 aliphatic rings. The van der Waals surface area contributed by atoms with Gasteiger partial charge in [0, 0.05) is 43.1 Å². The third kappa shape index (κ3) is 6.70. The number of benzene rings is 1. The molecule has 4 rings (SSSR count). The summed E-state index contributed by atoms with van der Waals surface area (Å²) >= 11 is 0. The minimum Gasteiger partial charge on any atom is -0.368 e. The molecule has 3 aromatic rings. The lowest BCUT2D eigenvalue weighted by molar-refractivity contribution is -0.385. The predicted molar refractivity (Wildman–Crippen MR) is 134 cm³/mol. The maximum Gasteiger partial charge on any atom is 0.287 e. The van der Waals surface area contributed by atoms with E-state index in [4.69, 9.17) is 0 Å². The van der Waals surface area contributed by atoms with E-state index in [1.54, 1.807) is 17.2 Å². The molecule has 2 aromatic heterocycles. The zero-order valence-electron chi connectivity index (χ0n) is 19.3. The van der Waals surface area contributed by atoms with Crippen molar-refractivity contribution in [2.45, 2.75) is 12.8 Å². The molecule has 11 nitrogen and oxygen atoms in total. The second-order valence-corrected chi connectivity index (χ2v) is 8.28. The van der Waals surface area contributed by atoms with E-state index in [2.05, 4.69) is 30.9 Å². The standard InChI is InChI=1S/C24H28N8O3/c33-17-31(16-18-7-10-25-11-8-18)20-3-1-19(2-4-20)22-9-12-27-24(30-22)28-14-13-26-23-6-5-21(15-29-23)32(34)35/h1-6,9,12,15,17-18,25H,7-8,10-11,13-14,16H2,(H,26,29)(H,27,28,30). The van der Waals surface area contributed by atoms with Crippen LogP contribution in [-0.2, 0) is 4.79 Å². The Labute approximate surface area is 203 Å². The van der Waals surface area contributed by atoms with Crippen molar-refractivity contribution in [2.24, 2.45) is 5.92 Å². The number of nitro groups is 1. The Morgan fingerprint density at radius 3 is 2.51 bits per heavy atom. The maximum absolute atomic E-state index is 11.7. The second-order valence-electron chi connectivity index (χ2n) is 8.28. The highest BCUT2D eigenvalue weighted by Crippen LogP contribution is 2.24. The lowest BCUT2D eigenvalue weighted by Gasteiger charge is -2.27. The normalized spacial score (nSPS) is 13.7. The molecule has 1 aliphatic heterocycles. The largest absolute Gasteiger partial charge is 0.368 e. The molecule has 0 radical (unpaired) electrons. The Morgan fingerprint density at radius 2 is 1.83 bits per heavy atom. The fourth-order valence-corrected chi connectivity index (χ4v) is 3.94. The van der Waals surface area contributed by atoms with Crippen LogP contribution in [0, 0.1) is 16.0 Å². The van der Waals surface area contributed by atoms with E-state index >= 15 is 0 Å². The first-order valence-corrected chi connectivity index (χ1v) is 11.6. The van der Waals surface area contributed by atoms with Gasteiger partial charge < -0.3 is 20.9 Å². The van der Waals surface area contributed by atoms with Crippen LogP contribution in [0.2, 0.25) is 0 Å². The predicted octanol–water partition coefficient (Wildman–Crippen LogP) is 2.93. The number of hydrogen-bond acceptors (Lipinski definition) is 9. The summed E-state index contributed by atoms with van der Waals surface area (Å²) in [7, 11) is 0. The van der Waals surface area contributed by atoms with Crippen LogP contribution in [0.1, 0.15) is 12.8 Å². The maximum atomic E-state index is 11.7. The van der Waals surface area contributed by atoms with Crippen LogP contribution < -0.4 is 20.9 Å². The van der Waals surface area contributed by atoms with E-state index in [9.17, 15) is 14.9 Å². The van der Waals surface area contributed by atoms with Gasteiger partial charge in [0.05, 0.1) is 10.6 Å². The van der Waals surface area contributed by atoms with E-state index < -0.39 is 4.92 Å². The lowest BCUT2D eigenvalue weighted by Crippen LogP contribution is -2.35. The van der Waals surface area contributed by atoms with Gasteiger partial charge in [-0.15, -0.1) is 0 Å². The van der Waals surface area contributed by atoms with Crippen molar-refractivity contribution in [3.63, 3.8) is 0 Å². The van der Waals surface area contributed by atoms with Crippen molar-refractivity contribution < 1.29 is 9.72 Å². The molecule has 182 valence electrons. The molecule has 35 heavy (non-hydrogen) atoms. The van der Waals surface area contributed by atoms with E-state index in [0.29, 0.717) is 30.8 Å². The van der Waals surface area contributed by atoms with Gasteiger partial charge in [-0.2, -0.15) is 0 Å². The molecule has 0 saturated carbocycles. The van der Waals surface area contributed by atoms with Gasteiger partial charge in [0.2, 0.25) is 12.4 Å². The SMILES string of the molecule is O=CN(CC1CCNCC1)c1ccc(-c2ccnc(NCCNc3ccc([N+](=O)[O-])cn3)n2)cc1. The van der Waals surface area contributed by atoms with Crippen LogP contribution in [0.3, 0.4) is 0 Å². The van der Waals surface area contributed by atoms with Crippen LogP contribution in [0.15, 0.2) is 54.9 Å². The summed E-state index contributed by atoms with van der Waals surface area (Å²) in [5.41, 5.74) is 2.53. The van der Waals surface area contributed by atoms with Gasteiger partial charge >= 0.3 is 0 Å². The smallest absolute Gasteiger partial charge is 0.287 e. The molecule has 0 atom stereocenters. The van der Waals surface area contributed by atoms with Crippen LogP contribution in [0.5, 0.6) is 0 Å². The number of hydrogen-bond donors (Lipinski definition) is 3. The lowest BCUT2D eigenvalue weighted by atomic mass is 9.97. The van der Waals surface area contributed by atoms with Crippen molar-refractivity contribution in [3.05, 3.63) is 65.0 Å². The zero-order valence-corrected chi connectivity index (χ0v) is 19.3. The first kappa shape index (κ1) is 24.0. The third-order valence-electron chi connectivity index (χ3n) is 5.86. The molecule has 11 heteroatoms. The van der Waals surface area contributed by atoms with E-state index in [-0.39, 0.29) is 5.69 Å². The molecule has 0 unspecified atom stereocenters. The number of nitrogens with one attached hydrogen (secondary N) is 3. The topological polar surface area (TPSA) is 138 Å². The highest BCUT2D eigenvalue weighted by molar-refractivity contribution is 5.76. The summed E-state index contributed by atoms with van der Waals surface area (Å²) in [5, 5.41) is 20.3. The molecule has 3 N–H and O–H groups in total. The Morgan fingerprint density at radius 1 is 1.06 bits per heavy atom. The highest BCUT2D eigenvalue weighted by Gasteiger charge is 2.17. The summed E-state index contributed by atoms with van der Waals surface area (Å²) in [5.74, 6) is 1.56. The van der Waals surface area contributed by atoms with Crippen molar-refractivity contribution >= 4 is 29.6 Å². The summed E-state index contributed by atoms with van der Waals surface area (Å²) < 4.78 is 0. The Balaban J connectivity index is 1.30. The van der Waals surface area contributed by atoms with Crippen molar-refractivity contribution in [1.29, 1.82) is 0 Å². The molecular formula is C24H28N8O3. The molecule has 3 heterocycles. The second kappa shape index (κ2) is 11.8. The van der Waals surface area contributed by atoms with Gasteiger partial charge in [-0.05, 0) is 56.1 Å². The summed E-state index contributed by atoms with van der Waals surface area (Å²) in [6, 6.07) is 12.6. The number of aromatic nitrogens is 3. The Bertz CT molecular complexity index is 1120.